The Morgan fingerprint density at radius 1 is 1.29 bits per heavy atom. The number of rotatable bonds is 8. The fourth-order valence-corrected chi connectivity index (χ4v) is 3.27. The van der Waals surface area contributed by atoms with E-state index in [4.69, 9.17) is 9.47 Å². The molecule has 2 atom stereocenters. The summed E-state index contributed by atoms with van der Waals surface area (Å²) in [7, 11) is 3.81. The van der Waals surface area contributed by atoms with Crippen LogP contribution < -0.4 is 10.1 Å². The van der Waals surface area contributed by atoms with Gasteiger partial charge in [-0.25, -0.2) is 4.39 Å². The highest BCUT2D eigenvalue weighted by molar-refractivity contribution is 5.94. The molecule has 1 heterocycles. The molecule has 0 saturated carbocycles. The van der Waals surface area contributed by atoms with Gasteiger partial charge in [0.25, 0.3) is 5.91 Å². The second-order valence-corrected chi connectivity index (χ2v) is 7.21. The van der Waals surface area contributed by atoms with E-state index in [9.17, 15) is 9.18 Å². The van der Waals surface area contributed by atoms with E-state index >= 15 is 0 Å². The molecular formula is C22H27FN2O3. The maximum atomic E-state index is 13.5. The molecule has 28 heavy (non-hydrogen) atoms. The van der Waals surface area contributed by atoms with Crippen LogP contribution in [0.1, 0.15) is 34.8 Å². The summed E-state index contributed by atoms with van der Waals surface area (Å²) in [5, 5.41) is 2.93. The third-order valence-corrected chi connectivity index (χ3v) is 4.89. The van der Waals surface area contributed by atoms with E-state index in [1.54, 1.807) is 30.3 Å². The predicted molar refractivity (Wildman–Crippen MR) is 106 cm³/mol. The molecule has 1 aliphatic heterocycles. The lowest BCUT2D eigenvalue weighted by molar-refractivity contribution is 0.0679. The number of nitrogens with zero attached hydrogens (tertiary/aromatic N) is 1. The van der Waals surface area contributed by atoms with Crippen molar-refractivity contribution in [3.63, 3.8) is 0 Å². The standard InChI is InChI=1S/C22H27FN2O3/c1-25(2)21(17-5-3-6-18(23)13-17)14-24-22(26)16-8-10-19(11-9-16)28-15-20-7-4-12-27-20/h3,5-6,8-11,13,20-21H,4,7,12,14-15H2,1-2H3,(H,24,26)/t20-,21-/m1/s1. The first-order valence-electron chi connectivity index (χ1n) is 9.57. The third kappa shape index (κ3) is 5.53. The van der Waals surface area contributed by atoms with Crippen LogP contribution in [0, 0.1) is 5.82 Å². The summed E-state index contributed by atoms with van der Waals surface area (Å²) in [6, 6.07) is 13.4. The van der Waals surface area contributed by atoms with Crippen LogP contribution in [0.5, 0.6) is 5.75 Å². The zero-order chi connectivity index (χ0) is 19.9. The normalized spacial score (nSPS) is 17.5. The molecule has 1 N–H and O–H groups in total. The second-order valence-electron chi connectivity index (χ2n) is 7.21. The van der Waals surface area contributed by atoms with Crippen LogP contribution in [-0.4, -0.2) is 50.8 Å². The molecule has 1 saturated heterocycles. The molecule has 0 bridgehead atoms. The van der Waals surface area contributed by atoms with Gasteiger partial charge in [0.15, 0.2) is 0 Å². The van der Waals surface area contributed by atoms with Crippen molar-refractivity contribution in [2.75, 3.05) is 33.9 Å². The van der Waals surface area contributed by atoms with E-state index < -0.39 is 0 Å². The minimum absolute atomic E-state index is 0.117. The number of amides is 1. The van der Waals surface area contributed by atoms with Gasteiger partial charge in [-0.05, 0) is 68.9 Å². The van der Waals surface area contributed by atoms with Gasteiger partial charge in [-0.2, -0.15) is 0 Å². The summed E-state index contributed by atoms with van der Waals surface area (Å²) in [6.07, 6.45) is 2.27. The van der Waals surface area contributed by atoms with Crippen molar-refractivity contribution >= 4 is 5.91 Å². The van der Waals surface area contributed by atoms with Crippen LogP contribution in [-0.2, 0) is 4.74 Å². The van der Waals surface area contributed by atoms with Crippen molar-refractivity contribution in [2.24, 2.45) is 0 Å². The van der Waals surface area contributed by atoms with Crippen molar-refractivity contribution in [1.29, 1.82) is 0 Å². The number of ether oxygens (including phenoxy) is 2. The molecule has 2 aromatic carbocycles. The predicted octanol–water partition coefficient (Wildman–Crippen LogP) is 3.42. The van der Waals surface area contributed by atoms with Crippen molar-refractivity contribution in [2.45, 2.75) is 25.0 Å². The second kappa shape index (κ2) is 9.66. The smallest absolute Gasteiger partial charge is 0.251 e. The number of carbonyl (C=O) groups is 1. The molecule has 0 aromatic heterocycles. The number of hydrogen-bond donors (Lipinski definition) is 1. The topological polar surface area (TPSA) is 50.8 Å². The van der Waals surface area contributed by atoms with Gasteiger partial charge in [0.05, 0.1) is 12.1 Å². The summed E-state index contributed by atoms with van der Waals surface area (Å²) < 4.78 is 24.8. The largest absolute Gasteiger partial charge is 0.491 e. The molecule has 1 aliphatic rings. The lowest BCUT2D eigenvalue weighted by atomic mass is 10.1. The van der Waals surface area contributed by atoms with Crippen LogP contribution in [0.25, 0.3) is 0 Å². The summed E-state index contributed by atoms with van der Waals surface area (Å²) >= 11 is 0. The van der Waals surface area contributed by atoms with E-state index in [1.807, 2.05) is 25.1 Å². The lowest BCUT2D eigenvalue weighted by Crippen LogP contribution is -2.34. The van der Waals surface area contributed by atoms with Gasteiger partial charge in [0.2, 0.25) is 0 Å². The summed E-state index contributed by atoms with van der Waals surface area (Å²) in [5.41, 5.74) is 1.38. The van der Waals surface area contributed by atoms with Gasteiger partial charge in [0.1, 0.15) is 18.2 Å². The fraction of sp³-hybridized carbons (Fsp3) is 0.409. The maximum Gasteiger partial charge on any atom is 0.251 e. The first-order valence-corrected chi connectivity index (χ1v) is 9.57. The first-order chi connectivity index (χ1) is 13.5. The van der Waals surface area contributed by atoms with Crippen molar-refractivity contribution in [3.05, 3.63) is 65.5 Å². The number of benzene rings is 2. The highest BCUT2D eigenvalue weighted by atomic mass is 19.1. The maximum absolute atomic E-state index is 13.5. The highest BCUT2D eigenvalue weighted by Gasteiger charge is 2.17. The summed E-state index contributed by atoms with van der Waals surface area (Å²) in [4.78, 5) is 14.4. The minimum Gasteiger partial charge on any atom is -0.491 e. The van der Waals surface area contributed by atoms with Crippen molar-refractivity contribution in [3.8, 4) is 5.75 Å². The zero-order valence-corrected chi connectivity index (χ0v) is 16.4. The Kier molecular flexibility index (Phi) is 7.01. The first kappa shape index (κ1) is 20.3. The molecule has 2 aromatic rings. The molecule has 0 unspecified atom stereocenters. The Morgan fingerprint density at radius 3 is 2.71 bits per heavy atom. The van der Waals surface area contributed by atoms with Crippen LogP contribution in [0.3, 0.4) is 0 Å². The number of halogens is 1. The molecule has 5 nitrogen and oxygen atoms in total. The van der Waals surface area contributed by atoms with E-state index in [0.29, 0.717) is 18.7 Å². The van der Waals surface area contributed by atoms with Gasteiger partial charge in [-0.3, -0.25) is 4.79 Å². The number of carbonyl (C=O) groups excluding carboxylic acids is 1. The van der Waals surface area contributed by atoms with Crippen molar-refractivity contribution < 1.29 is 18.7 Å². The average Bonchev–Trinajstić information content (AvgIpc) is 3.20. The van der Waals surface area contributed by atoms with E-state index in [0.717, 1.165) is 30.8 Å². The van der Waals surface area contributed by atoms with Gasteiger partial charge in [0, 0.05) is 18.7 Å². The molecule has 0 spiro atoms. The van der Waals surface area contributed by atoms with Gasteiger partial charge in [-0.15, -0.1) is 0 Å². The molecule has 6 heteroatoms. The summed E-state index contributed by atoms with van der Waals surface area (Å²) in [6.45, 7) is 1.72. The molecule has 150 valence electrons. The molecular weight excluding hydrogens is 359 g/mol. The molecule has 1 fully saturated rings. The van der Waals surface area contributed by atoms with Gasteiger partial charge >= 0.3 is 0 Å². The Labute approximate surface area is 165 Å². The van der Waals surface area contributed by atoms with E-state index in [2.05, 4.69) is 5.32 Å². The quantitative estimate of drug-likeness (QED) is 0.755. The minimum atomic E-state index is -0.283. The highest BCUT2D eigenvalue weighted by Crippen LogP contribution is 2.19. The average molecular weight is 386 g/mol. The van der Waals surface area contributed by atoms with Crippen LogP contribution in [0.4, 0.5) is 4.39 Å². The molecule has 0 radical (unpaired) electrons. The number of nitrogens with one attached hydrogen (secondary N) is 1. The number of hydrogen-bond acceptors (Lipinski definition) is 4. The molecule has 0 aliphatic carbocycles. The Hall–Kier alpha value is -2.44. The van der Waals surface area contributed by atoms with E-state index in [-0.39, 0.29) is 23.9 Å². The molecule has 3 rings (SSSR count). The van der Waals surface area contributed by atoms with Gasteiger partial charge < -0.3 is 19.7 Å². The number of likely N-dealkylation sites (N-methyl/N-ethyl adjacent to an activating group) is 1. The van der Waals surface area contributed by atoms with Gasteiger partial charge in [-0.1, -0.05) is 12.1 Å². The summed E-state index contributed by atoms with van der Waals surface area (Å²) in [5.74, 6) is 0.265. The SMILES string of the molecule is CN(C)[C@H](CNC(=O)c1ccc(OC[C@H]2CCCO2)cc1)c1cccc(F)c1. The third-order valence-electron chi connectivity index (χ3n) is 4.89. The Morgan fingerprint density at radius 2 is 2.07 bits per heavy atom. The van der Waals surface area contributed by atoms with Crippen molar-refractivity contribution in [1.82, 2.24) is 10.2 Å². The monoisotopic (exact) mass is 386 g/mol. The fourth-order valence-electron chi connectivity index (χ4n) is 3.27. The zero-order valence-electron chi connectivity index (χ0n) is 16.4. The Balaban J connectivity index is 1.54. The van der Waals surface area contributed by atoms with E-state index in [1.165, 1.54) is 12.1 Å². The van der Waals surface area contributed by atoms with Crippen LogP contribution >= 0.6 is 0 Å². The Bertz CT molecular complexity index is 774. The molecule has 1 amide bonds. The van der Waals surface area contributed by atoms with Crippen LogP contribution in [0.2, 0.25) is 0 Å². The lowest BCUT2D eigenvalue weighted by Gasteiger charge is -2.25. The van der Waals surface area contributed by atoms with Crippen LogP contribution in [0.15, 0.2) is 48.5 Å².